The number of benzene rings is 1. The summed E-state index contributed by atoms with van der Waals surface area (Å²) in [5.74, 6) is -0.221. The second-order valence-electron chi connectivity index (χ2n) is 6.07. The number of carbonyl (C=O) groups is 2. The molecule has 1 aliphatic rings. The normalized spacial score (nSPS) is 19.7. The highest BCUT2D eigenvalue weighted by Gasteiger charge is 2.35. The topological polar surface area (TPSA) is 49.4 Å². The molecule has 21 heavy (non-hydrogen) atoms. The van der Waals surface area contributed by atoms with Gasteiger partial charge in [0.1, 0.15) is 0 Å². The van der Waals surface area contributed by atoms with Crippen molar-refractivity contribution >= 4 is 17.5 Å². The minimum Gasteiger partial charge on any atom is -0.353 e. The largest absolute Gasteiger partial charge is 0.353 e. The van der Waals surface area contributed by atoms with Gasteiger partial charge in [-0.15, -0.1) is 0 Å². The maximum atomic E-state index is 12.2. The Kier molecular flexibility index (Phi) is 4.66. The van der Waals surface area contributed by atoms with Crippen molar-refractivity contribution in [3.8, 4) is 0 Å². The van der Waals surface area contributed by atoms with E-state index in [4.69, 9.17) is 0 Å². The Labute approximate surface area is 126 Å². The lowest BCUT2D eigenvalue weighted by molar-refractivity contribution is -0.126. The predicted molar refractivity (Wildman–Crippen MR) is 84.3 cm³/mol. The number of carbonyl (C=O) groups excluding carboxylic acids is 2. The van der Waals surface area contributed by atoms with Gasteiger partial charge in [0.25, 0.3) is 0 Å². The van der Waals surface area contributed by atoms with Crippen LogP contribution in [0.15, 0.2) is 18.2 Å². The zero-order valence-electron chi connectivity index (χ0n) is 13.3. The summed E-state index contributed by atoms with van der Waals surface area (Å²) >= 11 is 0. The van der Waals surface area contributed by atoms with Gasteiger partial charge in [-0.05, 0) is 50.5 Å². The summed E-state index contributed by atoms with van der Waals surface area (Å²) in [5.41, 5.74) is 3.16. The third-order valence-electron chi connectivity index (χ3n) is 4.01. The van der Waals surface area contributed by atoms with Crippen LogP contribution in [0.25, 0.3) is 0 Å². The number of nitrogens with zero attached hydrogens (tertiary/aromatic N) is 1. The molecular formula is C17H24N2O2. The van der Waals surface area contributed by atoms with Crippen molar-refractivity contribution in [1.82, 2.24) is 5.32 Å². The van der Waals surface area contributed by atoms with Crippen LogP contribution in [-0.2, 0) is 9.59 Å². The van der Waals surface area contributed by atoms with Gasteiger partial charge in [0, 0.05) is 24.7 Å². The molecule has 4 heteroatoms. The van der Waals surface area contributed by atoms with E-state index < -0.39 is 0 Å². The first-order chi connectivity index (χ1) is 9.90. The van der Waals surface area contributed by atoms with Gasteiger partial charge in [0.2, 0.25) is 11.8 Å². The molecule has 1 aliphatic heterocycles. The summed E-state index contributed by atoms with van der Waals surface area (Å²) in [5, 5.41) is 2.97. The lowest BCUT2D eigenvalue weighted by Crippen LogP contribution is -2.38. The van der Waals surface area contributed by atoms with E-state index in [1.165, 1.54) is 0 Å². The van der Waals surface area contributed by atoms with Crippen molar-refractivity contribution in [3.63, 3.8) is 0 Å². The molecule has 0 aliphatic carbocycles. The molecule has 1 fully saturated rings. The third-order valence-corrected chi connectivity index (χ3v) is 4.01. The molecule has 4 nitrogen and oxygen atoms in total. The first kappa shape index (κ1) is 15.5. The zero-order valence-corrected chi connectivity index (χ0v) is 13.3. The van der Waals surface area contributed by atoms with E-state index >= 15 is 0 Å². The second kappa shape index (κ2) is 6.29. The molecule has 0 saturated carbocycles. The lowest BCUT2D eigenvalue weighted by atomic mass is 10.1. The van der Waals surface area contributed by atoms with Crippen LogP contribution in [0.1, 0.15) is 37.8 Å². The number of amides is 2. The quantitative estimate of drug-likeness (QED) is 0.925. The minimum atomic E-state index is -0.243. The van der Waals surface area contributed by atoms with Gasteiger partial charge in [0.15, 0.2) is 0 Å². The maximum Gasteiger partial charge on any atom is 0.227 e. The van der Waals surface area contributed by atoms with E-state index in [0.29, 0.717) is 13.0 Å². The number of rotatable bonds is 4. The van der Waals surface area contributed by atoms with Crippen LogP contribution in [0.4, 0.5) is 5.69 Å². The highest BCUT2D eigenvalue weighted by atomic mass is 16.2. The Hall–Kier alpha value is -1.84. The molecule has 1 heterocycles. The molecule has 114 valence electrons. The molecule has 0 radical (unpaired) electrons. The molecule has 0 unspecified atom stereocenters. The van der Waals surface area contributed by atoms with E-state index in [-0.39, 0.29) is 23.8 Å². The highest BCUT2D eigenvalue weighted by molar-refractivity contribution is 6.00. The van der Waals surface area contributed by atoms with Gasteiger partial charge in [0.05, 0.1) is 5.92 Å². The number of hydrogen-bond acceptors (Lipinski definition) is 2. The summed E-state index contributed by atoms with van der Waals surface area (Å²) in [7, 11) is 0. The van der Waals surface area contributed by atoms with E-state index in [9.17, 15) is 9.59 Å². The summed E-state index contributed by atoms with van der Waals surface area (Å²) in [4.78, 5) is 26.1. The van der Waals surface area contributed by atoms with Gasteiger partial charge >= 0.3 is 0 Å². The lowest BCUT2D eigenvalue weighted by Gasteiger charge is -2.19. The molecule has 2 amide bonds. The Bertz CT molecular complexity index is 533. The molecule has 0 bridgehead atoms. The number of anilines is 1. The summed E-state index contributed by atoms with van der Waals surface area (Å²) in [6, 6.07) is 6.24. The summed E-state index contributed by atoms with van der Waals surface area (Å²) < 4.78 is 0. The average Bonchev–Trinajstić information content (AvgIpc) is 2.79. The summed E-state index contributed by atoms with van der Waals surface area (Å²) in [6.07, 6.45) is 1.20. The van der Waals surface area contributed by atoms with Gasteiger partial charge in [-0.2, -0.15) is 0 Å². The smallest absolute Gasteiger partial charge is 0.227 e. The molecule has 2 atom stereocenters. The van der Waals surface area contributed by atoms with Crippen LogP contribution < -0.4 is 10.2 Å². The minimum absolute atomic E-state index is 0.00965. The van der Waals surface area contributed by atoms with Gasteiger partial charge in [-0.1, -0.05) is 13.0 Å². The van der Waals surface area contributed by atoms with Crippen LogP contribution in [0.2, 0.25) is 0 Å². The summed E-state index contributed by atoms with van der Waals surface area (Å²) in [6.45, 7) is 8.53. The number of nitrogens with one attached hydrogen (secondary N) is 1. The molecule has 0 spiro atoms. The van der Waals surface area contributed by atoms with E-state index in [0.717, 1.165) is 23.2 Å². The van der Waals surface area contributed by atoms with Crippen molar-refractivity contribution in [2.45, 2.75) is 46.6 Å². The number of hydrogen-bond donors (Lipinski definition) is 1. The van der Waals surface area contributed by atoms with Crippen LogP contribution in [0, 0.1) is 19.8 Å². The Morgan fingerprint density at radius 2 is 1.95 bits per heavy atom. The van der Waals surface area contributed by atoms with E-state index in [1.807, 2.05) is 39.8 Å². The Morgan fingerprint density at radius 1 is 1.33 bits per heavy atom. The highest BCUT2D eigenvalue weighted by Crippen LogP contribution is 2.27. The average molecular weight is 288 g/mol. The monoisotopic (exact) mass is 288 g/mol. The molecule has 1 N–H and O–H groups in total. The molecule has 2 rings (SSSR count). The fourth-order valence-corrected chi connectivity index (χ4v) is 2.70. The van der Waals surface area contributed by atoms with Crippen molar-refractivity contribution in [3.05, 3.63) is 29.3 Å². The van der Waals surface area contributed by atoms with Crippen LogP contribution in [0.5, 0.6) is 0 Å². The van der Waals surface area contributed by atoms with Gasteiger partial charge in [-0.25, -0.2) is 0 Å². The molecule has 1 aromatic carbocycles. The van der Waals surface area contributed by atoms with Crippen LogP contribution in [-0.4, -0.2) is 24.4 Å². The van der Waals surface area contributed by atoms with Gasteiger partial charge < -0.3 is 10.2 Å². The predicted octanol–water partition coefficient (Wildman–Crippen LogP) is 2.57. The van der Waals surface area contributed by atoms with Crippen molar-refractivity contribution in [2.75, 3.05) is 11.4 Å². The first-order valence-electron chi connectivity index (χ1n) is 7.59. The molecular weight excluding hydrogens is 264 g/mol. The van der Waals surface area contributed by atoms with E-state index in [1.54, 1.807) is 4.90 Å². The molecule has 1 saturated heterocycles. The Morgan fingerprint density at radius 3 is 2.52 bits per heavy atom. The van der Waals surface area contributed by atoms with Crippen molar-refractivity contribution < 1.29 is 9.59 Å². The fourth-order valence-electron chi connectivity index (χ4n) is 2.70. The fraction of sp³-hybridized carbons (Fsp3) is 0.529. The van der Waals surface area contributed by atoms with Gasteiger partial charge in [-0.3, -0.25) is 9.59 Å². The van der Waals surface area contributed by atoms with Crippen molar-refractivity contribution in [2.24, 2.45) is 5.92 Å². The number of aryl methyl sites for hydroxylation is 2. The molecule has 1 aromatic rings. The van der Waals surface area contributed by atoms with Crippen LogP contribution in [0.3, 0.4) is 0 Å². The maximum absolute atomic E-state index is 12.2. The zero-order chi connectivity index (χ0) is 15.6. The standard InChI is InChI=1S/C17H24N2O2/c1-5-13(4)18-17(21)14-9-16(20)19(10-14)15-7-11(2)6-12(3)8-15/h6-8,13-14H,5,9-10H2,1-4H3,(H,18,21)/t13-,14-/m0/s1. The second-order valence-corrected chi connectivity index (χ2v) is 6.07. The molecule has 0 aromatic heterocycles. The Balaban J connectivity index is 2.10. The third kappa shape index (κ3) is 3.63. The SMILES string of the molecule is CC[C@H](C)NC(=O)[C@H]1CC(=O)N(c2cc(C)cc(C)c2)C1. The van der Waals surface area contributed by atoms with Crippen molar-refractivity contribution in [1.29, 1.82) is 0 Å². The first-order valence-corrected chi connectivity index (χ1v) is 7.59. The van der Waals surface area contributed by atoms with E-state index in [2.05, 4.69) is 11.4 Å². The van der Waals surface area contributed by atoms with Crippen LogP contribution >= 0.6 is 0 Å².